The average Bonchev–Trinajstić information content (AvgIpc) is 3.33. The van der Waals surface area contributed by atoms with Crippen LogP contribution in [0.25, 0.3) is 11.1 Å². The number of hydrogen-bond acceptors (Lipinski definition) is 8. The van der Waals surface area contributed by atoms with E-state index in [0.717, 1.165) is 22.4 Å². The third kappa shape index (κ3) is 6.31. The summed E-state index contributed by atoms with van der Waals surface area (Å²) >= 11 is 0. The largest absolute Gasteiger partial charge is 0.466 e. The lowest BCUT2D eigenvalue weighted by Crippen LogP contribution is -2.48. The molecule has 42 heavy (non-hydrogen) atoms. The molecule has 2 aliphatic heterocycles. The molecule has 2 aliphatic rings. The smallest absolute Gasteiger partial charge is 0.338 e. The predicted octanol–water partition coefficient (Wildman–Crippen LogP) is 4.30. The number of rotatable bonds is 9. The highest BCUT2D eigenvalue weighted by Crippen LogP contribution is 2.29. The van der Waals surface area contributed by atoms with Crippen LogP contribution in [0.1, 0.15) is 46.9 Å². The molecule has 3 aromatic rings. The first-order valence-electron chi connectivity index (χ1n) is 14.1. The molecule has 0 bridgehead atoms. The number of anilines is 1. The van der Waals surface area contributed by atoms with Gasteiger partial charge >= 0.3 is 11.9 Å². The number of likely N-dealkylation sites (tertiary alicyclic amines) is 1. The molecule has 0 aliphatic carbocycles. The van der Waals surface area contributed by atoms with Gasteiger partial charge in [0, 0.05) is 12.1 Å². The van der Waals surface area contributed by atoms with Gasteiger partial charge in [-0.05, 0) is 61.7 Å². The Hall–Kier alpha value is -4.63. The molecule has 9 heteroatoms. The maximum absolute atomic E-state index is 13.3. The third-order valence-electron chi connectivity index (χ3n) is 7.65. The number of ketones is 1. The summed E-state index contributed by atoms with van der Waals surface area (Å²) in [6.45, 7) is 2.63. The van der Waals surface area contributed by atoms with E-state index in [9.17, 15) is 24.0 Å². The molecule has 2 saturated heterocycles. The average molecular weight is 569 g/mol. The van der Waals surface area contributed by atoms with Crippen molar-refractivity contribution in [2.45, 2.75) is 32.2 Å². The monoisotopic (exact) mass is 568 g/mol. The van der Waals surface area contributed by atoms with Crippen LogP contribution in [0.2, 0.25) is 0 Å². The van der Waals surface area contributed by atoms with Crippen molar-refractivity contribution >= 4 is 35.2 Å². The Kier molecular flexibility index (Phi) is 8.88. The van der Waals surface area contributed by atoms with E-state index in [4.69, 9.17) is 9.47 Å². The first-order chi connectivity index (χ1) is 20.4. The molecule has 2 unspecified atom stereocenters. The minimum atomic E-state index is -0.689. The fraction of sp³-hybridized carbons (Fsp3) is 0.303. The lowest BCUT2D eigenvalue weighted by Gasteiger charge is -2.34. The Morgan fingerprint density at radius 2 is 1.50 bits per heavy atom. The van der Waals surface area contributed by atoms with Gasteiger partial charge in [0.25, 0.3) is 5.91 Å². The zero-order chi connectivity index (χ0) is 29.6. The summed E-state index contributed by atoms with van der Waals surface area (Å²) < 4.78 is 10.4. The van der Waals surface area contributed by atoms with Crippen LogP contribution in [0.3, 0.4) is 0 Å². The highest BCUT2D eigenvalue weighted by Gasteiger charge is 2.44. The van der Waals surface area contributed by atoms with Crippen LogP contribution in [0.15, 0.2) is 78.9 Å². The number of piperidine rings is 1. The molecule has 2 amide bonds. The molecular formula is C33H32N2O7. The zero-order valence-corrected chi connectivity index (χ0v) is 23.4. The van der Waals surface area contributed by atoms with E-state index >= 15 is 0 Å². The number of hydrogen-bond donors (Lipinski definition) is 0. The summed E-state index contributed by atoms with van der Waals surface area (Å²) in [7, 11) is 0. The molecule has 2 atom stereocenters. The highest BCUT2D eigenvalue weighted by atomic mass is 16.5. The number of nitrogens with zero attached hydrogens (tertiary/aromatic N) is 2. The van der Waals surface area contributed by atoms with Crippen LogP contribution in [0, 0.1) is 5.92 Å². The standard InChI is InChI=1S/C33H32N2O7/c1-2-41-33(40)26-9-6-18-34(20-26)28-19-30(37)35(31(28)38)27-16-14-25(15-17-27)32(39)42-21-29(36)24-12-10-23(11-13-24)22-7-4-3-5-8-22/h3-5,7-8,10-17,26,28H,2,6,9,18-21H2,1H3. The van der Waals surface area contributed by atoms with Crippen molar-refractivity contribution in [3.05, 3.63) is 90.0 Å². The second-order valence-corrected chi connectivity index (χ2v) is 10.4. The molecular weight excluding hydrogens is 536 g/mol. The van der Waals surface area contributed by atoms with Crippen LogP contribution in [0.4, 0.5) is 5.69 Å². The number of imide groups is 1. The fourth-order valence-corrected chi connectivity index (χ4v) is 5.44. The minimum absolute atomic E-state index is 0.0204. The summed E-state index contributed by atoms with van der Waals surface area (Å²) in [4.78, 5) is 66.6. The predicted molar refractivity (Wildman–Crippen MR) is 155 cm³/mol. The molecule has 3 aromatic carbocycles. The normalized spacial score (nSPS) is 19.0. The summed E-state index contributed by atoms with van der Waals surface area (Å²) in [5.41, 5.74) is 2.98. The molecule has 5 rings (SSSR count). The van der Waals surface area contributed by atoms with E-state index in [2.05, 4.69) is 0 Å². The van der Waals surface area contributed by atoms with E-state index in [1.165, 1.54) is 24.3 Å². The molecule has 0 saturated carbocycles. The van der Waals surface area contributed by atoms with Crippen LogP contribution in [0.5, 0.6) is 0 Å². The Bertz CT molecular complexity index is 1470. The van der Waals surface area contributed by atoms with Gasteiger partial charge in [0.05, 0.1) is 36.2 Å². The first kappa shape index (κ1) is 28.9. The second kappa shape index (κ2) is 12.9. The van der Waals surface area contributed by atoms with E-state index in [1.54, 1.807) is 19.1 Å². The molecule has 2 fully saturated rings. The van der Waals surface area contributed by atoms with Gasteiger partial charge in [0.15, 0.2) is 12.4 Å². The number of ether oxygens (including phenoxy) is 2. The maximum atomic E-state index is 13.3. The number of benzene rings is 3. The molecule has 0 radical (unpaired) electrons. The molecule has 0 aromatic heterocycles. The van der Waals surface area contributed by atoms with Gasteiger partial charge in [-0.3, -0.25) is 24.1 Å². The Balaban J connectivity index is 1.16. The van der Waals surface area contributed by atoms with Crippen LogP contribution >= 0.6 is 0 Å². The quantitative estimate of drug-likeness (QED) is 0.214. The molecule has 2 heterocycles. The Morgan fingerprint density at radius 3 is 2.19 bits per heavy atom. The Labute approximate surface area is 244 Å². The molecule has 0 spiro atoms. The van der Waals surface area contributed by atoms with E-state index in [0.29, 0.717) is 37.4 Å². The number of carbonyl (C=O) groups is 5. The van der Waals surface area contributed by atoms with Crippen molar-refractivity contribution in [2.24, 2.45) is 5.92 Å². The molecule has 9 nitrogen and oxygen atoms in total. The number of amides is 2. The van der Waals surface area contributed by atoms with Crippen LogP contribution in [-0.4, -0.2) is 66.8 Å². The molecule has 216 valence electrons. The second-order valence-electron chi connectivity index (χ2n) is 10.4. The number of carbonyl (C=O) groups excluding carboxylic acids is 5. The van der Waals surface area contributed by atoms with Crippen molar-refractivity contribution in [1.82, 2.24) is 4.90 Å². The SMILES string of the molecule is CCOC(=O)C1CCCN(C2CC(=O)N(c3ccc(C(=O)OCC(=O)c4ccc(-c5ccccc5)cc4)cc3)C2=O)C1. The van der Waals surface area contributed by atoms with Gasteiger partial charge in [-0.25, -0.2) is 9.69 Å². The van der Waals surface area contributed by atoms with Crippen molar-refractivity contribution in [3.8, 4) is 11.1 Å². The number of esters is 2. The van der Waals surface area contributed by atoms with Gasteiger partial charge in [-0.1, -0.05) is 54.6 Å². The number of Topliss-reactive ketones (excluding diaryl/α,β-unsaturated/α-hetero) is 1. The fourth-order valence-electron chi connectivity index (χ4n) is 5.44. The van der Waals surface area contributed by atoms with E-state index < -0.39 is 18.6 Å². The van der Waals surface area contributed by atoms with Crippen molar-refractivity contribution in [3.63, 3.8) is 0 Å². The van der Waals surface area contributed by atoms with Crippen molar-refractivity contribution < 1.29 is 33.4 Å². The summed E-state index contributed by atoms with van der Waals surface area (Å²) in [5.74, 6) is -2.32. The summed E-state index contributed by atoms with van der Waals surface area (Å²) in [6, 6.07) is 22.2. The first-order valence-corrected chi connectivity index (χ1v) is 14.1. The maximum Gasteiger partial charge on any atom is 0.338 e. The van der Waals surface area contributed by atoms with Crippen LogP contribution in [-0.2, 0) is 23.9 Å². The minimum Gasteiger partial charge on any atom is -0.466 e. The van der Waals surface area contributed by atoms with Gasteiger partial charge in [0.2, 0.25) is 5.91 Å². The van der Waals surface area contributed by atoms with Gasteiger partial charge in [-0.2, -0.15) is 0 Å². The topological polar surface area (TPSA) is 110 Å². The third-order valence-corrected chi connectivity index (χ3v) is 7.65. The van der Waals surface area contributed by atoms with Gasteiger partial charge in [0.1, 0.15) is 0 Å². The summed E-state index contributed by atoms with van der Waals surface area (Å²) in [5, 5.41) is 0. The van der Waals surface area contributed by atoms with Gasteiger partial charge < -0.3 is 9.47 Å². The van der Waals surface area contributed by atoms with E-state index in [1.807, 2.05) is 47.4 Å². The van der Waals surface area contributed by atoms with Crippen LogP contribution < -0.4 is 4.90 Å². The zero-order valence-electron chi connectivity index (χ0n) is 23.4. The highest BCUT2D eigenvalue weighted by molar-refractivity contribution is 6.22. The van der Waals surface area contributed by atoms with Crippen molar-refractivity contribution in [1.29, 1.82) is 0 Å². The van der Waals surface area contributed by atoms with Gasteiger partial charge in [-0.15, -0.1) is 0 Å². The van der Waals surface area contributed by atoms with Crippen molar-refractivity contribution in [2.75, 3.05) is 31.2 Å². The Morgan fingerprint density at radius 1 is 0.833 bits per heavy atom. The molecule has 0 N–H and O–H groups in total. The lowest BCUT2D eigenvalue weighted by molar-refractivity contribution is -0.150. The summed E-state index contributed by atoms with van der Waals surface area (Å²) in [6.07, 6.45) is 1.45. The lowest BCUT2D eigenvalue weighted by atomic mass is 9.96. The van der Waals surface area contributed by atoms with E-state index in [-0.39, 0.29) is 41.5 Å².